The van der Waals surface area contributed by atoms with Crippen molar-refractivity contribution >= 4 is 17.7 Å². The molecule has 1 amide bonds. The van der Waals surface area contributed by atoms with Gasteiger partial charge in [-0.05, 0) is 59.0 Å². The van der Waals surface area contributed by atoms with Crippen LogP contribution in [0.25, 0.3) is 28.3 Å². The molecule has 0 bridgehead atoms. The minimum Gasteiger partial charge on any atom is -0.320 e. The third kappa shape index (κ3) is 3.89. The number of carbonyl (C=O) groups is 1. The fraction of sp³-hybridized carbons (Fsp3) is 0.0385. The molecular weight excluding hydrogens is 370 g/mol. The number of amides is 1. The lowest BCUT2D eigenvalue weighted by molar-refractivity contribution is 0.102. The fourth-order valence-electron chi connectivity index (χ4n) is 3.42. The van der Waals surface area contributed by atoms with Crippen LogP contribution in [0.1, 0.15) is 21.6 Å². The summed E-state index contributed by atoms with van der Waals surface area (Å²) >= 11 is 0. The highest BCUT2D eigenvalue weighted by molar-refractivity contribution is 6.04. The molecule has 4 nitrogen and oxygen atoms in total. The number of anilines is 1. The molecular formula is C26H21N3O. The maximum Gasteiger partial charge on any atom is 0.274 e. The summed E-state index contributed by atoms with van der Waals surface area (Å²) in [5, 5.41) is 3.01. The summed E-state index contributed by atoms with van der Waals surface area (Å²) in [7, 11) is 0. The molecule has 146 valence electrons. The molecule has 0 aliphatic rings. The van der Waals surface area contributed by atoms with Gasteiger partial charge in [-0.15, -0.1) is 0 Å². The van der Waals surface area contributed by atoms with E-state index in [1.165, 1.54) is 0 Å². The molecule has 0 unspecified atom stereocenters. The van der Waals surface area contributed by atoms with Gasteiger partial charge in [0, 0.05) is 29.8 Å². The molecule has 0 saturated carbocycles. The molecule has 4 rings (SSSR count). The smallest absolute Gasteiger partial charge is 0.274 e. The summed E-state index contributed by atoms with van der Waals surface area (Å²) in [6.07, 6.45) is 6.85. The summed E-state index contributed by atoms with van der Waals surface area (Å²) in [5.41, 5.74) is 7.02. The number of aromatic nitrogens is 2. The minimum absolute atomic E-state index is 0.255. The molecule has 0 aliphatic heterocycles. The molecule has 4 aromatic rings. The van der Waals surface area contributed by atoms with E-state index in [4.69, 9.17) is 0 Å². The van der Waals surface area contributed by atoms with Gasteiger partial charge in [0.25, 0.3) is 5.91 Å². The third-order valence-electron chi connectivity index (χ3n) is 5.05. The van der Waals surface area contributed by atoms with Crippen molar-refractivity contribution in [2.75, 3.05) is 5.32 Å². The average molecular weight is 391 g/mol. The Morgan fingerprint density at radius 1 is 0.933 bits per heavy atom. The average Bonchev–Trinajstić information content (AvgIpc) is 2.81. The van der Waals surface area contributed by atoms with Crippen LogP contribution in [0.5, 0.6) is 0 Å². The van der Waals surface area contributed by atoms with Crippen molar-refractivity contribution in [1.29, 1.82) is 0 Å². The van der Waals surface area contributed by atoms with Crippen LogP contribution in [0.3, 0.4) is 0 Å². The second-order valence-electron chi connectivity index (χ2n) is 6.90. The van der Waals surface area contributed by atoms with Gasteiger partial charge in [-0.3, -0.25) is 14.8 Å². The van der Waals surface area contributed by atoms with Crippen molar-refractivity contribution in [1.82, 2.24) is 9.97 Å². The van der Waals surface area contributed by atoms with E-state index in [0.717, 1.165) is 39.1 Å². The standard InChI is InChI=1S/C26H21N3O/c1-3-19-17-28-25(16-23(19)21-12-14-27-15-13-21)26(30)29-24-11-7-10-22(18(24)2)20-8-5-4-6-9-20/h3-17H,1H2,2H3,(H,29,30). The van der Waals surface area contributed by atoms with Crippen LogP contribution in [0, 0.1) is 6.92 Å². The Hall–Kier alpha value is -4.05. The van der Waals surface area contributed by atoms with E-state index in [9.17, 15) is 4.79 Å². The van der Waals surface area contributed by atoms with E-state index in [1.54, 1.807) is 30.7 Å². The number of nitrogens with one attached hydrogen (secondary N) is 1. The van der Waals surface area contributed by atoms with Crippen LogP contribution >= 0.6 is 0 Å². The molecule has 30 heavy (non-hydrogen) atoms. The van der Waals surface area contributed by atoms with Crippen LogP contribution < -0.4 is 5.32 Å². The summed E-state index contributed by atoms with van der Waals surface area (Å²) in [6.45, 7) is 5.86. The fourth-order valence-corrected chi connectivity index (χ4v) is 3.42. The summed E-state index contributed by atoms with van der Waals surface area (Å²) in [5.74, 6) is -0.255. The number of nitrogens with zero attached hydrogens (tertiary/aromatic N) is 2. The molecule has 0 atom stereocenters. The lowest BCUT2D eigenvalue weighted by Gasteiger charge is -2.13. The molecule has 0 fully saturated rings. The first-order valence-electron chi connectivity index (χ1n) is 9.66. The largest absolute Gasteiger partial charge is 0.320 e. The number of pyridine rings is 2. The first-order valence-corrected chi connectivity index (χ1v) is 9.66. The number of carbonyl (C=O) groups excluding carboxylic acids is 1. The summed E-state index contributed by atoms with van der Waals surface area (Å²) in [4.78, 5) is 21.4. The Kier molecular flexibility index (Phi) is 5.48. The van der Waals surface area contributed by atoms with Gasteiger partial charge < -0.3 is 5.32 Å². The minimum atomic E-state index is -0.255. The molecule has 0 saturated heterocycles. The normalized spacial score (nSPS) is 10.4. The second-order valence-corrected chi connectivity index (χ2v) is 6.90. The molecule has 4 heteroatoms. The van der Waals surface area contributed by atoms with E-state index in [0.29, 0.717) is 5.69 Å². The Bertz CT molecular complexity index is 1200. The summed E-state index contributed by atoms with van der Waals surface area (Å²) in [6, 6.07) is 21.6. The van der Waals surface area contributed by atoms with Gasteiger partial charge in [0.1, 0.15) is 5.69 Å². The molecule has 0 spiro atoms. The first-order chi connectivity index (χ1) is 14.7. The molecule has 2 aromatic heterocycles. The van der Waals surface area contributed by atoms with Gasteiger partial charge >= 0.3 is 0 Å². The quantitative estimate of drug-likeness (QED) is 0.453. The number of benzene rings is 2. The zero-order valence-corrected chi connectivity index (χ0v) is 16.7. The molecule has 2 aromatic carbocycles. The van der Waals surface area contributed by atoms with Crippen molar-refractivity contribution < 1.29 is 4.79 Å². The topological polar surface area (TPSA) is 54.9 Å². The van der Waals surface area contributed by atoms with Crippen molar-refractivity contribution in [3.63, 3.8) is 0 Å². The Morgan fingerprint density at radius 3 is 2.40 bits per heavy atom. The van der Waals surface area contributed by atoms with Gasteiger partial charge in [0.15, 0.2) is 0 Å². The lowest BCUT2D eigenvalue weighted by atomic mass is 9.99. The number of rotatable bonds is 5. The predicted molar refractivity (Wildman–Crippen MR) is 122 cm³/mol. The van der Waals surface area contributed by atoms with E-state index in [2.05, 4.69) is 40.1 Å². The molecule has 1 N–H and O–H groups in total. The second kappa shape index (κ2) is 8.53. The molecule has 0 radical (unpaired) electrons. The van der Waals surface area contributed by atoms with E-state index in [-0.39, 0.29) is 5.91 Å². The van der Waals surface area contributed by atoms with Crippen LogP contribution in [0.15, 0.2) is 91.9 Å². The van der Waals surface area contributed by atoms with Crippen LogP contribution in [0.2, 0.25) is 0 Å². The van der Waals surface area contributed by atoms with Crippen LogP contribution in [-0.4, -0.2) is 15.9 Å². The van der Waals surface area contributed by atoms with Crippen molar-refractivity contribution in [2.45, 2.75) is 6.92 Å². The predicted octanol–water partition coefficient (Wildman–Crippen LogP) is 6.01. The van der Waals surface area contributed by atoms with E-state index < -0.39 is 0 Å². The Labute approximate surface area is 176 Å². The van der Waals surface area contributed by atoms with Crippen molar-refractivity contribution in [2.24, 2.45) is 0 Å². The van der Waals surface area contributed by atoms with E-state index >= 15 is 0 Å². The number of hydrogen-bond donors (Lipinski definition) is 1. The van der Waals surface area contributed by atoms with Crippen LogP contribution in [0.4, 0.5) is 5.69 Å². The van der Waals surface area contributed by atoms with Gasteiger partial charge in [-0.2, -0.15) is 0 Å². The van der Waals surface area contributed by atoms with Gasteiger partial charge in [-0.1, -0.05) is 55.1 Å². The molecule has 2 heterocycles. The number of hydrogen-bond acceptors (Lipinski definition) is 3. The monoisotopic (exact) mass is 391 g/mol. The highest BCUT2D eigenvalue weighted by atomic mass is 16.1. The Balaban J connectivity index is 1.66. The van der Waals surface area contributed by atoms with Crippen molar-refractivity contribution in [3.05, 3.63) is 109 Å². The first kappa shape index (κ1) is 19.3. The van der Waals surface area contributed by atoms with Gasteiger partial charge in [-0.25, -0.2) is 0 Å². The van der Waals surface area contributed by atoms with Crippen molar-refractivity contribution in [3.8, 4) is 22.3 Å². The zero-order valence-electron chi connectivity index (χ0n) is 16.7. The molecule has 0 aliphatic carbocycles. The van der Waals surface area contributed by atoms with Gasteiger partial charge in [0.05, 0.1) is 0 Å². The maximum atomic E-state index is 13.0. The SMILES string of the molecule is C=Cc1cnc(C(=O)Nc2cccc(-c3ccccc3)c2C)cc1-c1ccncc1. The lowest BCUT2D eigenvalue weighted by Crippen LogP contribution is -2.15. The zero-order chi connectivity index (χ0) is 20.9. The Morgan fingerprint density at radius 2 is 1.67 bits per heavy atom. The van der Waals surface area contributed by atoms with E-state index in [1.807, 2.05) is 49.4 Å². The third-order valence-corrected chi connectivity index (χ3v) is 5.05. The highest BCUT2D eigenvalue weighted by Crippen LogP contribution is 2.29. The van der Waals surface area contributed by atoms with Gasteiger partial charge in [0.2, 0.25) is 0 Å². The van der Waals surface area contributed by atoms with Crippen LogP contribution in [-0.2, 0) is 0 Å². The highest BCUT2D eigenvalue weighted by Gasteiger charge is 2.14. The maximum absolute atomic E-state index is 13.0. The summed E-state index contributed by atoms with van der Waals surface area (Å²) < 4.78 is 0.